The van der Waals surface area contributed by atoms with E-state index in [0.29, 0.717) is 5.92 Å². The van der Waals surface area contributed by atoms with Crippen molar-refractivity contribution in [3.63, 3.8) is 0 Å². The Balaban J connectivity index is 5.43. The minimum Gasteiger partial charge on any atom is -0.281 e. The van der Waals surface area contributed by atoms with Crippen LogP contribution in [0.3, 0.4) is 0 Å². The topological polar surface area (TPSA) is 17.1 Å². The van der Waals surface area contributed by atoms with Crippen LogP contribution in [0.15, 0.2) is 35.3 Å². The van der Waals surface area contributed by atoms with Crippen molar-refractivity contribution in [1.82, 2.24) is 0 Å². The molecule has 0 fully saturated rings. The van der Waals surface area contributed by atoms with Gasteiger partial charge in [0, 0.05) is 4.91 Å². The lowest BCUT2D eigenvalue weighted by Crippen LogP contribution is -2.26. The number of hydrogen-bond donors (Lipinski definition) is 1. The molecule has 0 radical (unpaired) electrons. The molecule has 0 saturated heterocycles. The molecule has 1 atom stereocenters. The van der Waals surface area contributed by atoms with Crippen molar-refractivity contribution in [2.45, 2.75) is 54.9 Å². The van der Waals surface area contributed by atoms with Crippen LogP contribution in [0.2, 0.25) is 0 Å². The van der Waals surface area contributed by atoms with E-state index < -0.39 is 9.93 Å². The first kappa shape index (κ1) is 20.4. The van der Waals surface area contributed by atoms with Gasteiger partial charge in [0.25, 0.3) is 0 Å². The summed E-state index contributed by atoms with van der Waals surface area (Å²) in [5, 5.41) is 0. The second-order valence-corrected chi connectivity index (χ2v) is 11.9. The number of rotatable bonds is 5. The van der Waals surface area contributed by atoms with Crippen LogP contribution in [0, 0.1) is 16.7 Å². The van der Waals surface area contributed by atoms with Gasteiger partial charge in [-0.05, 0) is 54.3 Å². The predicted molar refractivity (Wildman–Crippen MR) is 100 cm³/mol. The lowest BCUT2D eigenvalue weighted by Gasteiger charge is -2.36. The zero-order valence-electron chi connectivity index (χ0n) is 15.6. The fourth-order valence-corrected chi connectivity index (χ4v) is 2.76. The van der Waals surface area contributed by atoms with Gasteiger partial charge in [-0.2, -0.15) is 0 Å². The third kappa shape index (κ3) is 7.80. The summed E-state index contributed by atoms with van der Waals surface area (Å²) < 4.78 is 12.0. The molecule has 0 rings (SSSR count). The lowest BCUT2D eigenvalue weighted by atomic mass is 9.68. The van der Waals surface area contributed by atoms with Crippen LogP contribution in [0.1, 0.15) is 54.9 Å². The van der Waals surface area contributed by atoms with Gasteiger partial charge in [-0.15, -0.1) is 0 Å². The van der Waals surface area contributed by atoms with Crippen LogP contribution in [-0.4, -0.2) is 16.7 Å². The van der Waals surface area contributed by atoms with Crippen LogP contribution in [0.25, 0.3) is 0 Å². The first-order valence-electron chi connectivity index (χ1n) is 7.77. The second kappa shape index (κ2) is 7.09. The fourth-order valence-electron chi connectivity index (χ4n) is 2.32. The molecule has 0 aromatic heterocycles. The Kier molecular flexibility index (Phi) is 6.87. The van der Waals surface area contributed by atoms with Gasteiger partial charge in [-0.3, -0.25) is 4.21 Å². The molecule has 0 spiro atoms. The lowest BCUT2D eigenvalue weighted by molar-refractivity contribution is 0.199. The van der Waals surface area contributed by atoms with Crippen molar-refractivity contribution < 1.29 is 4.21 Å². The summed E-state index contributed by atoms with van der Waals surface area (Å²) in [4.78, 5) is 0.741. The molecule has 0 N–H and O–H groups in total. The standard InChI is InChI=1S/C19H36OS/c1-11-16(13-12-15(2)21(9,10)20)17(19(6,7)8)14-18(3,4)5/h11-13,17,21H,2,14H2,1,3-10H3/b13-12-,16-11+. The monoisotopic (exact) mass is 312 g/mol. The number of hydrogen-bond acceptors (Lipinski definition) is 1. The van der Waals surface area contributed by atoms with E-state index in [1.165, 1.54) is 5.57 Å². The molecule has 21 heavy (non-hydrogen) atoms. The minimum atomic E-state index is -2.24. The molecule has 0 aliphatic heterocycles. The third-order valence-corrected chi connectivity index (χ3v) is 5.29. The normalized spacial score (nSPS) is 17.1. The SMILES string of the molecule is C=C(/C=C\C(=C/C)C(CC(C)(C)C)C(C)(C)C)[SH](C)(C)=O. The van der Waals surface area contributed by atoms with Crippen molar-refractivity contribution in [1.29, 1.82) is 0 Å². The molecule has 0 saturated carbocycles. The molecule has 0 aromatic carbocycles. The van der Waals surface area contributed by atoms with Crippen molar-refractivity contribution >= 4 is 9.93 Å². The van der Waals surface area contributed by atoms with Gasteiger partial charge < -0.3 is 0 Å². The maximum absolute atomic E-state index is 12.0. The van der Waals surface area contributed by atoms with E-state index in [1.807, 2.05) is 6.08 Å². The van der Waals surface area contributed by atoms with E-state index >= 15 is 0 Å². The Morgan fingerprint density at radius 2 is 1.57 bits per heavy atom. The minimum absolute atomic E-state index is 0.197. The molecule has 1 nitrogen and oxygen atoms in total. The van der Waals surface area contributed by atoms with Crippen molar-refractivity contribution in [3.05, 3.63) is 35.3 Å². The highest BCUT2D eigenvalue weighted by molar-refractivity contribution is 8.05. The zero-order valence-corrected chi connectivity index (χ0v) is 16.5. The summed E-state index contributed by atoms with van der Waals surface area (Å²) in [5.41, 5.74) is 1.79. The zero-order chi connectivity index (χ0) is 17.1. The van der Waals surface area contributed by atoms with Crippen LogP contribution in [-0.2, 0) is 9.93 Å². The van der Waals surface area contributed by atoms with Crippen LogP contribution < -0.4 is 0 Å². The van der Waals surface area contributed by atoms with E-state index in [4.69, 9.17) is 0 Å². The molecule has 0 amide bonds. The summed E-state index contributed by atoms with van der Waals surface area (Å²) in [6.45, 7) is 19.8. The first-order valence-corrected chi connectivity index (χ1v) is 10.4. The van der Waals surface area contributed by atoms with Gasteiger partial charge in [0.2, 0.25) is 0 Å². The smallest absolute Gasteiger partial charge is 0.00698 e. The Morgan fingerprint density at radius 3 is 1.86 bits per heavy atom. The largest absolute Gasteiger partial charge is 0.281 e. The highest BCUT2D eigenvalue weighted by atomic mass is 32.2. The van der Waals surface area contributed by atoms with E-state index in [2.05, 4.69) is 67.2 Å². The van der Waals surface area contributed by atoms with Gasteiger partial charge in [0.15, 0.2) is 0 Å². The highest BCUT2D eigenvalue weighted by Gasteiger charge is 2.30. The average Bonchev–Trinajstić information content (AvgIpc) is 2.23. The Labute approximate surface area is 134 Å². The number of allylic oxidation sites excluding steroid dienone is 4. The van der Waals surface area contributed by atoms with E-state index in [-0.39, 0.29) is 10.8 Å². The van der Waals surface area contributed by atoms with Gasteiger partial charge in [0.1, 0.15) is 0 Å². The predicted octanol–water partition coefficient (Wildman–Crippen LogP) is 5.38. The fraction of sp³-hybridized carbons (Fsp3) is 0.684. The first-order chi connectivity index (χ1) is 9.18. The molecule has 0 aliphatic carbocycles. The maximum Gasteiger partial charge on any atom is 0.00698 e. The molecule has 0 aromatic rings. The molecule has 1 unspecified atom stereocenters. The van der Waals surface area contributed by atoms with E-state index in [1.54, 1.807) is 12.5 Å². The third-order valence-electron chi connectivity index (χ3n) is 3.76. The highest BCUT2D eigenvalue weighted by Crippen LogP contribution is 2.41. The molecule has 0 bridgehead atoms. The molecular weight excluding hydrogens is 276 g/mol. The quantitative estimate of drug-likeness (QED) is 0.533. The summed E-state index contributed by atoms with van der Waals surface area (Å²) in [5.74, 6) is 0.472. The van der Waals surface area contributed by atoms with Gasteiger partial charge in [0.05, 0.1) is 0 Å². The molecule has 0 heterocycles. The summed E-state index contributed by atoms with van der Waals surface area (Å²) in [7, 11) is -2.24. The van der Waals surface area contributed by atoms with Crippen molar-refractivity contribution in [2.75, 3.05) is 12.5 Å². The van der Waals surface area contributed by atoms with Crippen LogP contribution in [0.5, 0.6) is 0 Å². The van der Waals surface area contributed by atoms with Crippen LogP contribution in [0.4, 0.5) is 0 Å². The molecular formula is C19H36OS. The van der Waals surface area contributed by atoms with Gasteiger partial charge in [-0.25, -0.2) is 0 Å². The van der Waals surface area contributed by atoms with Crippen molar-refractivity contribution in [3.8, 4) is 0 Å². The molecule has 0 aliphatic rings. The average molecular weight is 313 g/mol. The summed E-state index contributed by atoms with van der Waals surface area (Å²) in [6, 6.07) is 0. The van der Waals surface area contributed by atoms with Crippen LogP contribution >= 0.6 is 0 Å². The van der Waals surface area contributed by atoms with Gasteiger partial charge >= 0.3 is 0 Å². The number of thiol groups is 1. The van der Waals surface area contributed by atoms with E-state index in [9.17, 15) is 4.21 Å². The van der Waals surface area contributed by atoms with Gasteiger partial charge in [-0.1, -0.05) is 70.2 Å². The van der Waals surface area contributed by atoms with Crippen molar-refractivity contribution in [2.24, 2.45) is 16.7 Å². The molecule has 2 heteroatoms. The molecule has 124 valence electrons. The summed E-state index contributed by atoms with van der Waals surface area (Å²) in [6.07, 6.45) is 10.9. The second-order valence-electron chi connectivity index (χ2n) is 8.65. The summed E-state index contributed by atoms with van der Waals surface area (Å²) >= 11 is 0. The van der Waals surface area contributed by atoms with E-state index in [0.717, 1.165) is 11.3 Å². The Bertz CT molecular complexity index is 461. The Morgan fingerprint density at radius 1 is 1.10 bits per heavy atom. The maximum atomic E-state index is 12.0. The Hall–Kier alpha value is -0.630.